The minimum atomic E-state index is -1.27. The summed E-state index contributed by atoms with van der Waals surface area (Å²) in [5, 5.41) is 19.8. The Hall–Kier alpha value is -1.51. The lowest BCUT2D eigenvalue weighted by molar-refractivity contribution is -0.257. The number of esters is 1. The minimum Gasteiger partial charge on any atom is -0.454 e. The van der Waals surface area contributed by atoms with Crippen LogP contribution in [0.5, 0.6) is 0 Å². The molecule has 0 saturated carbocycles. The molecule has 0 radical (unpaired) electrons. The number of carbonyl (C=O) groups is 1. The standard InChI is InChI=1S/C17H26O7/c1-9(2)15(18)22-12-7-21-8-13(23-16(19)10(3)4)14(12)24-17(20)11(5)6/h12-15,17-18,20H,1,3,5,7-8H2,2,4,6H3/t12-,13-,14+,15?,17?/m1/s1. The van der Waals surface area contributed by atoms with Gasteiger partial charge in [-0.1, -0.05) is 19.7 Å². The average molecular weight is 342 g/mol. The Morgan fingerprint density at radius 3 is 2.00 bits per heavy atom. The Morgan fingerprint density at radius 1 is 1.00 bits per heavy atom. The second kappa shape index (κ2) is 9.10. The summed E-state index contributed by atoms with van der Waals surface area (Å²) in [6, 6.07) is 0. The lowest BCUT2D eigenvalue weighted by Gasteiger charge is -2.38. The smallest absolute Gasteiger partial charge is 0.333 e. The van der Waals surface area contributed by atoms with Crippen LogP contribution in [0, 0.1) is 0 Å². The Morgan fingerprint density at radius 2 is 1.50 bits per heavy atom. The normalized spacial score (nSPS) is 26.3. The number of hydrogen-bond donors (Lipinski definition) is 2. The summed E-state index contributed by atoms with van der Waals surface area (Å²) < 4.78 is 21.7. The maximum atomic E-state index is 11.8. The first-order valence-corrected chi connectivity index (χ1v) is 7.55. The van der Waals surface area contributed by atoms with Gasteiger partial charge in [0.25, 0.3) is 0 Å². The van der Waals surface area contributed by atoms with Crippen LogP contribution in [0.2, 0.25) is 0 Å². The Bertz CT molecular complexity index is 499. The lowest BCUT2D eigenvalue weighted by atomic mass is 10.1. The van der Waals surface area contributed by atoms with Gasteiger partial charge < -0.3 is 29.2 Å². The first-order valence-electron chi connectivity index (χ1n) is 7.55. The summed E-state index contributed by atoms with van der Waals surface area (Å²) in [7, 11) is 0. The summed E-state index contributed by atoms with van der Waals surface area (Å²) in [6.45, 7) is 15.6. The van der Waals surface area contributed by atoms with Gasteiger partial charge in [-0.25, -0.2) is 4.79 Å². The van der Waals surface area contributed by atoms with E-state index in [0.717, 1.165) is 0 Å². The molecule has 0 aromatic heterocycles. The van der Waals surface area contributed by atoms with Gasteiger partial charge in [0.1, 0.15) is 12.2 Å². The molecular weight excluding hydrogens is 316 g/mol. The summed E-state index contributed by atoms with van der Waals surface area (Å²) in [6.07, 6.45) is -4.97. The summed E-state index contributed by atoms with van der Waals surface area (Å²) >= 11 is 0. The van der Waals surface area contributed by atoms with Crippen molar-refractivity contribution in [3.05, 3.63) is 36.5 Å². The van der Waals surface area contributed by atoms with Crippen LogP contribution in [0.3, 0.4) is 0 Å². The quantitative estimate of drug-likeness (QED) is 0.295. The van der Waals surface area contributed by atoms with E-state index in [1.54, 1.807) is 13.8 Å². The van der Waals surface area contributed by atoms with E-state index in [9.17, 15) is 15.0 Å². The molecule has 1 saturated heterocycles. The van der Waals surface area contributed by atoms with Gasteiger partial charge in [0.2, 0.25) is 0 Å². The number of hydrogen-bond acceptors (Lipinski definition) is 7. The molecule has 2 unspecified atom stereocenters. The van der Waals surface area contributed by atoms with E-state index in [1.165, 1.54) is 6.92 Å². The van der Waals surface area contributed by atoms with Crippen LogP contribution in [-0.4, -0.2) is 60.3 Å². The first-order chi connectivity index (χ1) is 11.1. The molecule has 0 aliphatic carbocycles. The highest BCUT2D eigenvalue weighted by Crippen LogP contribution is 2.23. The van der Waals surface area contributed by atoms with Crippen LogP contribution < -0.4 is 0 Å². The molecule has 1 rings (SSSR count). The predicted molar refractivity (Wildman–Crippen MR) is 86.9 cm³/mol. The number of carbonyl (C=O) groups excluding carboxylic acids is 1. The van der Waals surface area contributed by atoms with Gasteiger partial charge in [0.05, 0.1) is 13.2 Å². The van der Waals surface area contributed by atoms with E-state index in [-0.39, 0.29) is 18.8 Å². The fourth-order valence-electron chi connectivity index (χ4n) is 1.91. The maximum absolute atomic E-state index is 11.8. The third-order valence-electron chi connectivity index (χ3n) is 3.34. The van der Waals surface area contributed by atoms with Gasteiger partial charge in [-0.05, 0) is 31.9 Å². The first kappa shape index (κ1) is 20.5. The number of aliphatic hydroxyl groups excluding tert-OH is 2. The highest BCUT2D eigenvalue weighted by Gasteiger charge is 2.41. The van der Waals surface area contributed by atoms with Crippen molar-refractivity contribution >= 4 is 5.97 Å². The summed E-state index contributed by atoms with van der Waals surface area (Å²) in [5.74, 6) is -0.608. The fraction of sp³-hybridized carbons (Fsp3) is 0.588. The molecule has 1 aliphatic heterocycles. The molecule has 0 aromatic rings. The zero-order valence-electron chi connectivity index (χ0n) is 14.4. The van der Waals surface area contributed by atoms with E-state index in [4.69, 9.17) is 18.9 Å². The van der Waals surface area contributed by atoms with Crippen LogP contribution in [0.25, 0.3) is 0 Å². The van der Waals surface area contributed by atoms with Gasteiger partial charge in [0.15, 0.2) is 18.7 Å². The number of ether oxygens (including phenoxy) is 4. The molecule has 1 heterocycles. The van der Waals surface area contributed by atoms with E-state index in [1.807, 2.05) is 0 Å². The van der Waals surface area contributed by atoms with Crippen LogP contribution in [-0.2, 0) is 23.7 Å². The molecule has 0 spiro atoms. The largest absolute Gasteiger partial charge is 0.454 e. The molecular formula is C17H26O7. The molecule has 0 bridgehead atoms. The molecule has 136 valence electrons. The molecule has 0 aromatic carbocycles. The number of aliphatic hydroxyl groups is 2. The Kier molecular flexibility index (Phi) is 7.78. The molecule has 7 heteroatoms. The zero-order valence-corrected chi connectivity index (χ0v) is 14.4. The van der Waals surface area contributed by atoms with Crippen molar-refractivity contribution in [2.24, 2.45) is 0 Å². The Labute approximate surface area is 142 Å². The third-order valence-corrected chi connectivity index (χ3v) is 3.34. The second-order valence-corrected chi connectivity index (χ2v) is 5.93. The Balaban J connectivity index is 2.94. The molecule has 24 heavy (non-hydrogen) atoms. The zero-order chi connectivity index (χ0) is 18.4. The topological polar surface area (TPSA) is 94.5 Å². The fourth-order valence-corrected chi connectivity index (χ4v) is 1.91. The highest BCUT2D eigenvalue weighted by atomic mass is 16.7. The van der Waals surface area contributed by atoms with Gasteiger partial charge in [-0.2, -0.15) is 0 Å². The molecule has 1 aliphatic rings. The van der Waals surface area contributed by atoms with Gasteiger partial charge in [0, 0.05) is 5.57 Å². The monoisotopic (exact) mass is 342 g/mol. The van der Waals surface area contributed by atoms with E-state index in [0.29, 0.717) is 11.1 Å². The van der Waals surface area contributed by atoms with Crippen molar-refractivity contribution in [2.45, 2.75) is 51.7 Å². The van der Waals surface area contributed by atoms with Crippen molar-refractivity contribution in [2.75, 3.05) is 13.2 Å². The van der Waals surface area contributed by atoms with Gasteiger partial charge in [-0.3, -0.25) is 0 Å². The van der Waals surface area contributed by atoms with Crippen molar-refractivity contribution in [1.82, 2.24) is 0 Å². The van der Waals surface area contributed by atoms with E-state index in [2.05, 4.69) is 19.7 Å². The molecule has 5 atom stereocenters. The van der Waals surface area contributed by atoms with Gasteiger partial charge >= 0.3 is 5.97 Å². The van der Waals surface area contributed by atoms with Crippen LogP contribution >= 0.6 is 0 Å². The van der Waals surface area contributed by atoms with Crippen molar-refractivity contribution in [3.63, 3.8) is 0 Å². The summed E-state index contributed by atoms with van der Waals surface area (Å²) in [5.41, 5.74) is 1.00. The molecule has 7 nitrogen and oxygen atoms in total. The molecule has 2 N–H and O–H groups in total. The van der Waals surface area contributed by atoms with Gasteiger partial charge in [-0.15, -0.1) is 0 Å². The van der Waals surface area contributed by atoms with Crippen molar-refractivity contribution < 1.29 is 34.0 Å². The molecule has 1 fully saturated rings. The average Bonchev–Trinajstić information content (AvgIpc) is 2.49. The number of rotatable bonds is 8. The van der Waals surface area contributed by atoms with Crippen molar-refractivity contribution in [3.8, 4) is 0 Å². The predicted octanol–water partition coefficient (Wildman–Crippen LogP) is 1.06. The van der Waals surface area contributed by atoms with Crippen molar-refractivity contribution in [1.29, 1.82) is 0 Å². The van der Waals surface area contributed by atoms with E-state index >= 15 is 0 Å². The third kappa shape index (κ3) is 5.85. The minimum absolute atomic E-state index is 0.0651. The highest BCUT2D eigenvalue weighted by molar-refractivity contribution is 5.87. The van der Waals surface area contributed by atoms with Crippen LogP contribution in [0.15, 0.2) is 36.5 Å². The van der Waals surface area contributed by atoms with E-state index < -0.39 is 36.9 Å². The maximum Gasteiger partial charge on any atom is 0.333 e. The SMILES string of the molecule is C=C(C)C(=O)O[C@@H]1COC[C@@H](OC(O)C(=C)C)[C@@H]1OC(O)C(=C)C. The second-order valence-electron chi connectivity index (χ2n) is 5.93. The van der Waals surface area contributed by atoms with Crippen LogP contribution in [0.4, 0.5) is 0 Å². The summed E-state index contributed by atoms with van der Waals surface area (Å²) in [4.78, 5) is 11.8. The lowest BCUT2D eigenvalue weighted by Crippen LogP contribution is -2.54. The molecule has 0 amide bonds. The van der Waals surface area contributed by atoms with Crippen LogP contribution in [0.1, 0.15) is 20.8 Å².